The molecule has 1 aliphatic rings. The third-order valence-electron chi connectivity index (χ3n) is 5.22. The number of hydrogen-bond donors (Lipinski definition) is 2. The van der Waals surface area contributed by atoms with Crippen molar-refractivity contribution in [2.45, 2.75) is 20.8 Å². The maximum Gasteiger partial charge on any atom is 0.238 e. The first kappa shape index (κ1) is 18.3. The number of nitrogens with zero attached hydrogens (tertiary/aromatic N) is 2. The van der Waals surface area contributed by atoms with E-state index in [2.05, 4.69) is 47.2 Å². The molecule has 1 saturated heterocycles. The Bertz CT molecular complexity index is 795. The van der Waals surface area contributed by atoms with E-state index >= 15 is 0 Å². The zero-order valence-electron chi connectivity index (χ0n) is 15.9. The van der Waals surface area contributed by atoms with Gasteiger partial charge in [0.15, 0.2) is 0 Å². The molecule has 0 unspecified atom stereocenters. The van der Waals surface area contributed by atoms with E-state index in [1.807, 2.05) is 25.1 Å². The number of aryl methyl sites for hydroxylation is 2. The van der Waals surface area contributed by atoms with Gasteiger partial charge in [-0.1, -0.05) is 18.2 Å². The van der Waals surface area contributed by atoms with Gasteiger partial charge in [-0.05, 0) is 55.7 Å². The molecule has 0 bridgehead atoms. The predicted octanol–water partition coefficient (Wildman–Crippen LogP) is 2.95. The molecule has 2 aromatic carbocycles. The van der Waals surface area contributed by atoms with Crippen LogP contribution in [-0.2, 0) is 4.79 Å². The second-order valence-corrected chi connectivity index (χ2v) is 7.10. The Morgan fingerprint density at radius 1 is 1.04 bits per heavy atom. The summed E-state index contributed by atoms with van der Waals surface area (Å²) in [5.74, 6) is 0.00781. The summed E-state index contributed by atoms with van der Waals surface area (Å²) in [6.45, 7) is 10.3. The Morgan fingerprint density at radius 2 is 1.77 bits per heavy atom. The summed E-state index contributed by atoms with van der Waals surface area (Å²) in [7, 11) is 0. The molecule has 1 heterocycles. The molecule has 0 saturated carbocycles. The minimum absolute atomic E-state index is 0.00781. The van der Waals surface area contributed by atoms with E-state index in [0.29, 0.717) is 12.2 Å². The number of rotatable bonds is 4. The van der Waals surface area contributed by atoms with Crippen molar-refractivity contribution in [1.82, 2.24) is 4.90 Å². The Kier molecular flexibility index (Phi) is 5.47. The van der Waals surface area contributed by atoms with Gasteiger partial charge in [0, 0.05) is 43.2 Å². The van der Waals surface area contributed by atoms with Gasteiger partial charge >= 0.3 is 0 Å². The number of benzene rings is 2. The molecule has 1 aliphatic heterocycles. The quantitative estimate of drug-likeness (QED) is 0.831. The van der Waals surface area contributed by atoms with Crippen molar-refractivity contribution in [3.8, 4) is 0 Å². The van der Waals surface area contributed by atoms with Gasteiger partial charge in [-0.15, -0.1) is 0 Å². The zero-order valence-corrected chi connectivity index (χ0v) is 15.9. The fourth-order valence-electron chi connectivity index (χ4n) is 3.35. The number of nitrogen functional groups attached to an aromatic ring is 1. The van der Waals surface area contributed by atoms with E-state index in [9.17, 15) is 4.79 Å². The largest absolute Gasteiger partial charge is 0.398 e. The van der Waals surface area contributed by atoms with Crippen LogP contribution in [0.1, 0.15) is 16.7 Å². The summed E-state index contributed by atoms with van der Waals surface area (Å²) in [4.78, 5) is 16.9. The van der Waals surface area contributed by atoms with Crippen LogP contribution < -0.4 is 16.0 Å². The summed E-state index contributed by atoms with van der Waals surface area (Å²) >= 11 is 0. The maximum atomic E-state index is 12.3. The molecule has 2 aromatic rings. The number of hydrogen-bond acceptors (Lipinski definition) is 4. The lowest BCUT2D eigenvalue weighted by Crippen LogP contribution is -2.48. The van der Waals surface area contributed by atoms with Crippen LogP contribution in [-0.4, -0.2) is 43.5 Å². The van der Waals surface area contributed by atoms with Crippen molar-refractivity contribution in [2.75, 3.05) is 48.7 Å². The molecule has 1 fully saturated rings. The van der Waals surface area contributed by atoms with Gasteiger partial charge in [0.05, 0.1) is 6.54 Å². The minimum atomic E-state index is 0.00781. The number of piperazine rings is 1. The van der Waals surface area contributed by atoms with Crippen LogP contribution in [0.25, 0.3) is 0 Å². The highest BCUT2D eigenvalue weighted by atomic mass is 16.2. The number of carbonyl (C=O) groups is 1. The smallest absolute Gasteiger partial charge is 0.238 e. The van der Waals surface area contributed by atoms with E-state index in [-0.39, 0.29) is 5.91 Å². The van der Waals surface area contributed by atoms with Crippen LogP contribution in [0.4, 0.5) is 17.1 Å². The topological polar surface area (TPSA) is 61.6 Å². The van der Waals surface area contributed by atoms with Gasteiger partial charge in [-0.2, -0.15) is 0 Å². The summed E-state index contributed by atoms with van der Waals surface area (Å²) in [6.07, 6.45) is 0. The third-order valence-corrected chi connectivity index (χ3v) is 5.22. The van der Waals surface area contributed by atoms with Crippen LogP contribution in [0, 0.1) is 20.8 Å². The van der Waals surface area contributed by atoms with Crippen molar-refractivity contribution >= 4 is 23.0 Å². The number of amides is 1. The van der Waals surface area contributed by atoms with E-state index < -0.39 is 0 Å². The zero-order chi connectivity index (χ0) is 18.7. The molecule has 0 atom stereocenters. The van der Waals surface area contributed by atoms with Crippen molar-refractivity contribution in [2.24, 2.45) is 0 Å². The summed E-state index contributed by atoms with van der Waals surface area (Å²) in [5.41, 5.74) is 12.4. The number of nitrogens with two attached hydrogens (primary N) is 1. The Morgan fingerprint density at radius 3 is 2.46 bits per heavy atom. The van der Waals surface area contributed by atoms with Crippen LogP contribution in [0.2, 0.25) is 0 Å². The van der Waals surface area contributed by atoms with Crippen molar-refractivity contribution in [1.29, 1.82) is 0 Å². The Hall–Kier alpha value is -2.53. The van der Waals surface area contributed by atoms with Gasteiger partial charge in [-0.25, -0.2) is 0 Å². The average molecular weight is 352 g/mol. The molecule has 0 aliphatic carbocycles. The van der Waals surface area contributed by atoms with Crippen LogP contribution >= 0.6 is 0 Å². The fourth-order valence-corrected chi connectivity index (χ4v) is 3.35. The predicted molar refractivity (Wildman–Crippen MR) is 109 cm³/mol. The second-order valence-electron chi connectivity index (χ2n) is 7.10. The minimum Gasteiger partial charge on any atom is -0.398 e. The first-order chi connectivity index (χ1) is 12.4. The molecular formula is C21H28N4O. The molecule has 3 rings (SSSR count). The maximum absolute atomic E-state index is 12.3. The van der Waals surface area contributed by atoms with E-state index in [1.54, 1.807) is 0 Å². The summed E-state index contributed by atoms with van der Waals surface area (Å²) in [5, 5.41) is 2.94. The monoisotopic (exact) mass is 352 g/mol. The lowest BCUT2D eigenvalue weighted by molar-refractivity contribution is -0.117. The third kappa shape index (κ3) is 4.17. The first-order valence-corrected chi connectivity index (χ1v) is 9.13. The molecule has 0 spiro atoms. The molecule has 0 aromatic heterocycles. The molecule has 26 heavy (non-hydrogen) atoms. The highest BCUT2D eigenvalue weighted by Crippen LogP contribution is 2.24. The Labute approximate surface area is 155 Å². The van der Waals surface area contributed by atoms with Gasteiger partial charge in [-0.3, -0.25) is 9.69 Å². The number of nitrogens with one attached hydrogen (secondary N) is 1. The highest BCUT2D eigenvalue weighted by molar-refractivity contribution is 5.92. The number of carbonyl (C=O) groups excluding carboxylic acids is 1. The molecule has 5 heteroatoms. The van der Waals surface area contributed by atoms with E-state index in [1.165, 1.54) is 16.8 Å². The second kappa shape index (κ2) is 7.79. The standard InChI is InChI=1S/C21H28N4O/c1-15-5-4-6-20(17(15)3)25-11-9-24(10-12-25)14-21(26)23-18-8-7-16(2)19(22)13-18/h4-8,13H,9-12,14,22H2,1-3H3,(H,23,26). The molecular weight excluding hydrogens is 324 g/mol. The average Bonchev–Trinajstić information content (AvgIpc) is 2.61. The van der Waals surface area contributed by atoms with Crippen molar-refractivity contribution in [3.63, 3.8) is 0 Å². The lowest BCUT2D eigenvalue weighted by Gasteiger charge is -2.36. The number of anilines is 3. The molecule has 0 radical (unpaired) electrons. The van der Waals surface area contributed by atoms with Crippen molar-refractivity contribution < 1.29 is 4.79 Å². The summed E-state index contributed by atoms with van der Waals surface area (Å²) in [6, 6.07) is 12.1. The lowest BCUT2D eigenvalue weighted by atomic mass is 10.1. The van der Waals surface area contributed by atoms with E-state index in [0.717, 1.165) is 37.4 Å². The normalized spacial score (nSPS) is 15.1. The van der Waals surface area contributed by atoms with E-state index in [4.69, 9.17) is 5.73 Å². The molecule has 1 amide bonds. The first-order valence-electron chi connectivity index (χ1n) is 9.13. The fraction of sp³-hybridized carbons (Fsp3) is 0.381. The van der Waals surface area contributed by atoms with Crippen LogP contribution in [0.5, 0.6) is 0 Å². The SMILES string of the molecule is Cc1ccc(NC(=O)CN2CCN(c3cccc(C)c3C)CC2)cc1N. The highest BCUT2D eigenvalue weighted by Gasteiger charge is 2.20. The van der Waals surface area contributed by atoms with Gasteiger partial charge in [0.2, 0.25) is 5.91 Å². The van der Waals surface area contributed by atoms with Crippen LogP contribution in [0.3, 0.4) is 0 Å². The van der Waals surface area contributed by atoms with Crippen molar-refractivity contribution in [3.05, 3.63) is 53.1 Å². The van der Waals surface area contributed by atoms with Gasteiger partial charge in [0.25, 0.3) is 0 Å². The molecule has 5 nitrogen and oxygen atoms in total. The molecule has 138 valence electrons. The van der Waals surface area contributed by atoms with Gasteiger partial charge < -0.3 is 16.0 Å². The summed E-state index contributed by atoms with van der Waals surface area (Å²) < 4.78 is 0. The van der Waals surface area contributed by atoms with Gasteiger partial charge in [0.1, 0.15) is 0 Å². The molecule has 3 N–H and O–H groups in total. The Balaban J connectivity index is 1.52. The van der Waals surface area contributed by atoms with Crippen LogP contribution in [0.15, 0.2) is 36.4 Å².